The zero-order chi connectivity index (χ0) is 10.7. The van der Waals surface area contributed by atoms with Crippen molar-refractivity contribution in [2.24, 2.45) is 0 Å². The summed E-state index contributed by atoms with van der Waals surface area (Å²) >= 11 is 2.35. The molecule has 2 heteroatoms. The Hall–Kier alpha value is -1.03. The van der Waals surface area contributed by atoms with Crippen LogP contribution >= 0.6 is 22.6 Å². The van der Waals surface area contributed by atoms with E-state index in [0.717, 1.165) is 5.75 Å². The quantitative estimate of drug-likeness (QED) is 0.763. The van der Waals surface area contributed by atoms with Crippen molar-refractivity contribution in [2.45, 2.75) is 0 Å². The molecule has 1 nitrogen and oxygen atoms in total. The summed E-state index contributed by atoms with van der Waals surface area (Å²) in [7, 11) is 1.69. The van der Waals surface area contributed by atoms with E-state index in [2.05, 4.69) is 52.9 Å². The molecule has 0 aliphatic carbocycles. The molecule has 15 heavy (non-hydrogen) atoms. The summed E-state index contributed by atoms with van der Waals surface area (Å²) in [4.78, 5) is 0. The number of methoxy groups -OCH3 is 1. The van der Waals surface area contributed by atoms with Gasteiger partial charge in [0.05, 0.1) is 7.11 Å². The van der Waals surface area contributed by atoms with Gasteiger partial charge in [0.25, 0.3) is 0 Å². The van der Waals surface area contributed by atoms with Gasteiger partial charge in [0.1, 0.15) is 5.75 Å². The smallest absolute Gasteiger partial charge is 0.119 e. The van der Waals surface area contributed by atoms with Gasteiger partial charge in [-0.1, -0.05) is 30.3 Å². The minimum Gasteiger partial charge on any atom is -0.497 e. The zero-order valence-corrected chi connectivity index (χ0v) is 10.6. The first kappa shape index (κ1) is 10.5. The number of halogens is 1. The van der Waals surface area contributed by atoms with Gasteiger partial charge < -0.3 is 4.74 Å². The molecule has 2 aromatic carbocycles. The summed E-state index contributed by atoms with van der Waals surface area (Å²) < 4.78 is 6.47. The van der Waals surface area contributed by atoms with E-state index >= 15 is 0 Å². The van der Waals surface area contributed by atoms with E-state index in [1.807, 2.05) is 18.2 Å². The molecule has 0 heterocycles. The Balaban J connectivity index is 2.49. The average Bonchev–Trinajstić information content (AvgIpc) is 2.30. The van der Waals surface area contributed by atoms with Gasteiger partial charge in [-0.25, -0.2) is 0 Å². The second-order valence-electron chi connectivity index (χ2n) is 3.21. The number of rotatable bonds is 2. The minimum absolute atomic E-state index is 0.896. The lowest BCUT2D eigenvalue weighted by Gasteiger charge is -2.06. The number of benzene rings is 2. The molecule has 76 valence electrons. The molecule has 0 spiro atoms. The summed E-state index contributed by atoms with van der Waals surface area (Å²) in [6.45, 7) is 0. The van der Waals surface area contributed by atoms with Crippen molar-refractivity contribution in [3.8, 4) is 16.9 Å². The van der Waals surface area contributed by atoms with Crippen LogP contribution in [0.2, 0.25) is 0 Å². The van der Waals surface area contributed by atoms with Crippen LogP contribution in [0.25, 0.3) is 11.1 Å². The lowest BCUT2D eigenvalue weighted by molar-refractivity contribution is 0.415. The van der Waals surface area contributed by atoms with Crippen molar-refractivity contribution in [1.29, 1.82) is 0 Å². The maximum atomic E-state index is 5.21. The van der Waals surface area contributed by atoms with Gasteiger partial charge >= 0.3 is 0 Å². The molecule has 0 fully saturated rings. The Morgan fingerprint density at radius 1 is 1.00 bits per heavy atom. The highest BCUT2D eigenvalue weighted by Gasteiger charge is 2.02. The third-order valence-electron chi connectivity index (χ3n) is 2.25. The number of ether oxygens (including phenoxy) is 1. The van der Waals surface area contributed by atoms with E-state index < -0.39 is 0 Å². The van der Waals surface area contributed by atoms with Crippen molar-refractivity contribution in [3.05, 3.63) is 52.1 Å². The predicted octanol–water partition coefficient (Wildman–Crippen LogP) is 3.97. The lowest BCUT2D eigenvalue weighted by Crippen LogP contribution is -1.85. The Morgan fingerprint density at radius 3 is 2.53 bits per heavy atom. The summed E-state index contributed by atoms with van der Waals surface area (Å²) in [6.07, 6.45) is 0. The first-order chi connectivity index (χ1) is 7.31. The van der Waals surface area contributed by atoms with Crippen molar-refractivity contribution >= 4 is 22.6 Å². The van der Waals surface area contributed by atoms with E-state index in [0.29, 0.717) is 0 Å². The normalized spacial score (nSPS) is 10.0. The van der Waals surface area contributed by atoms with Crippen LogP contribution in [0, 0.1) is 3.57 Å². The molecule has 0 unspecified atom stereocenters. The van der Waals surface area contributed by atoms with Crippen LogP contribution < -0.4 is 4.74 Å². The van der Waals surface area contributed by atoms with Crippen molar-refractivity contribution < 1.29 is 4.74 Å². The molecule has 0 saturated heterocycles. The van der Waals surface area contributed by atoms with Gasteiger partial charge in [0.2, 0.25) is 0 Å². The van der Waals surface area contributed by atoms with Crippen molar-refractivity contribution in [2.75, 3.05) is 7.11 Å². The van der Waals surface area contributed by atoms with Crippen LogP contribution in [0.1, 0.15) is 0 Å². The Kier molecular flexibility index (Phi) is 3.26. The lowest BCUT2D eigenvalue weighted by atomic mass is 10.1. The second-order valence-corrected chi connectivity index (χ2v) is 4.37. The van der Waals surface area contributed by atoms with Gasteiger partial charge in [-0.2, -0.15) is 0 Å². The zero-order valence-electron chi connectivity index (χ0n) is 8.41. The van der Waals surface area contributed by atoms with Crippen molar-refractivity contribution in [1.82, 2.24) is 0 Å². The van der Waals surface area contributed by atoms with Crippen LogP contribution in [0.15, 0.2) is 48.5 Å². The SMILES string of the molecule is COc1cccc(-c2ccccc2I)c1. The first-order valence-corrected chi connectivity index (χ1v) is 5.78. The molecule has 0 saturated carbocycles. The molecule has 0 radical (unpaired) electrons. The maximum absolute atomic E-state index is 5.21. The molecule has 0 atom stereocenters. The topological polar surface area (TPSA) is 9.23 Å². The Bertz CT molecular complexity index is 466. The van der Waals surface area contributed by atoms with E-state index in [-0.39, 0.29) is 0 Å². The van der Waals surface area contributed by atoms with Gasteiger partial charge in [-0.15, -0.1) is 0 Å². The predicted molar refractivity (Wildman–Crippen MR) is 71.1 cm³/mol. The molecular formula is C13H11IO. The van der Waals surface area contributed by atoms with Gasteiger partial charge in [0, 0.05) is 3.57 Å². The molecule has 0 N–H and O–H groups in total. The molecule has 0 aromatic heterocycles. The molecule has 0 aliphatic rings. The highest BCUT2D eigenvalue weighted by Crippen LogP contribution is 2.27. The second kappa shape index (κ2) is 4.66. The van der Waals surface area contributed by atoms with E-state index in [4.69, 9.17) is 4.74 Å². The monoisotopic (exact) mass is 310 g/mol. The standard InChI is InChI=1S/C13H11IO/c1-15-11-6-4-5-10(9-11)12-7-2-3-8-13(12)14/h2-9H,1H3. The van der Waals surface area contributed by atoms with Gasteiger partial charge in [-0.05, 0) is 51.9 Å². The summed E-state index contributed by atoms with van der Waals surface area (Å²) in [5.74, 6) is 0.896. The van der Waals surface area contributed by atoms with E-state index in [1.165, 1.54) is 14.7 Å². The number of hydrogen-bond donors (Lipinski definition) is 0. The summed E-state index contributed by atoms with van der Waals surface area (Å²) in [6, 6.07) is 16.4. The Morgan fingerprint density at radius 2 is 1.80 bits per heavy atom. The third-order valence-corrected chi connectivity index (χ3v) is 3.20. The molecule has 0 aliphatic heterocycles. The highest BCUT2D eigenvalue weighted by atomic mass is 127. The average molecular weight is 310 g/mol. The third kappa shape index (κ3) is 2.31. The fourth-order valence-electron chi connectivity index (χ4n) is 1.49. The number of hydrogen-bond acceptors (Lipinski definition) is 1. The van der Waals surface area contributed by atoms with Gasteiger partial charge in [-0.3, -0.25) is 0 Å². The van der Waals surface area contributed by atoms with E-state index in [9.17, 15) is 0 Å². The largest absolute Gasteiger partial charge is 0.497 e. The fraction of sp³-hybridized carbons (Fsp3) is 0.0769. The van der Waals surface area contributed by atoms with Crippen LogP contribution in [-0.4, -0.2) is 7.11 Å². The maximum Gasteiger partial charge on any atom is 0.119 e. The van der Waals surface area contributed by atoms with Crippen LogP contribution in [0.5, 0.6) is 5.75 Å². The minimum atomic E-state index is 0.896. The molecule has 0 amide bonds. The fourth-order valence-corrected chi connectivity index (χ4v) is 2.18. The van der Waals surface area contributed by atoms with Gasteiger partial charge in [0.15, 0.2) is 0 Å². The van der Waals surface area contributed by atoms with Crippen molar-refractivity contribution in [3.63, 3.8) is 0 Å². The van der Waals surface area contributed by atoms with Crippen LogP contribution in [0.4, 0.5) is 0 Å². The molecular weight excluding hydrogens is 299 g/mol. The summed E-state index contributed by atoms with van der Waals surface area (Å²) in [5.41, 5.74) is 2.44. The van der Waals surface area contributed by atoms with Crippen LogP contribution in [-0.2, 0) is 0 Å². The molecule has 2 aromatic rings. The molecule has 0 bridgehead atoms. The first-order valence-electron chi connectivity index (χ1n) is 4.70. The van der Waals surface area contributed by atoms with Crippen LogP contribution in [0.3, 0.4) is 0 Å². The summed E-state index contributed by atoms with van der Waals surface area (Å²) in [5, 5.41) is 0. The highest BCUT2D eigenvalue weighted by molar-refractivity contribution is 14.1. The van der Waals surface area contributed by atoms with E-state index in [1.54, 1.807) is 7.11 Å². The molecule has 2 rings (SSSR count). The Labute approximate surface area is 103 Å².